The number of rotatable bonds is 9. The molecule has 1 rings (SSSR count). The van der Waals surface area contributed by atoms with Crippen molar-refractivity contribution in [3.05, 3.63) is 0 Å². The van der Waals surface area contributed by atoms with Crippen LogP contribution in [0.5, 0.6) is 0 Å². The summed E-state index contributed by atoms with van der Waals surface area (Å²) in [6.07, 6.45) is 11.4. The molecule has 1 fully saturated rings. The van der Waals surface area contributed by atoms with Gasteiger partial charge in [0, 0.05) is 18.8 Å². The van der Waals surface area contributed by atoms with Gasteiger partial charge < -0.3 is 10.5 Å². The molecule has 2 nitrogen and oxygen atoms in total. The van der Waals surface area contributed by atoms with Crippen LogP contribution in [0.25, 0.3) is 0 Å². The van der Waals surface area contributed by atoms with E-state index < -0.39 is 0 Å². The van der Waals surface area contributed by atoms with Gasteiger partial charge in [0.1, 0.15) is 0 Å². The third-order valence-corrected chi connectivity index (χ3v) is 4.65. The smallest absolute Gasteiger partial charge is 0.0483 e. The number of nitrogens with two attached hydrogens (primary N) is 1. The van der Waals surface area contributed by atoms with Gasteiger partial charge in [-0.05, 0) is 50.4 Å². The molecule has 0 aromatic carbocycles. The zero-order chi connectivity index (χ0) is 14.1. The lowest BCUT2D eigenvalue weighted by molar-refractivity contribution is 0.0916. The van der Waals surface area contributed by atoms with Crippen LogP contribution in [-0.2, 0) is 4.74 Å². The van der Waals surface area contributed by atoms with Crippen LogP contribution in [-0.4, -0.2) is 18.8 Å². The fourth-order valence-corrected chi connectivity index (χ4v) is 2.98. The Balaban J connectivity index is 2.10. The van der Waals surface area contributed by atoms with Gasteiger partial charge in [-0.3, -0.25) is 0 Å². The average Bonchev–Trinajstić information content (AvgIpc) is 2.37. The lowest BCUT2D eigenvalue weighted by atomic mass is 9.74. The van der Waals surface area contributed by atoms with Gasteiger partial charge in [-0.1, -0.05) is 40.0 Å². The summed E-state index contributed by atoms with van der Waals surface area (Å²) in [6.45, 7) is 8.51. The highest BCUT2D eigenvalue weighted by Gasteiger charge is 2.30. The molecule has 0 unspecified atom stereocenters. The number of unbranched alkanes of at least 4 members (excludes halogenated alkanes) is 1. The zero-order valence-corrected chi connectivity index (χ0v) is 13.4. The van der Waals surface area contributed by atoms with Crippen LogP contribution >= 0.6 is 0 Å². The second-order valence-electron chi connectivity index (χ2n) is 6.99. The minimum Gasteiger partial charge on any atom is -0.381 e. The summed E-state index contributed by atoms with van der Waals surface area (Å²) in [6, 6.07) is 0. The van der Waals surface area contributed by atoms with Crippen LogP contribution in [0.15, 0.2) is 0 Å². The van der Waals surface area contributed by atoms with Crippen molar-refractivity contribution in [2.75, 3.05) is 13.2 Å². The van der Waals surface area contributed by atoms with Crippen LogP contribution in [0.2, 0.25) is 0 Å². The molecule has 0 spiro atoms. The lowest BCUT2D eigenvalue weighted by Gasteiger charge is -2.37. The maximum atomic E-state index is 6.51. The lowest BCUT2D eigenvalue weighted by Crippen LogP contribution is -2.44. The van der Waals surface area contributed by atoms with Crippen molar-refractivity contribution in [2.45, 2.75) is 84.1 Å². The fourth-order valence-electron chi connectivity index (χ4n) is 2.98. The molecule has 2 N–H and O–H groups in total. The largest absolute Gasteiger partial charge is 0.381 e. The second kappa shape index (κ2) is 8.97. The van der Waals surface area contributed by atoms with E-state index in [-0.39, 0.29) is 5.54 Å². The predicted octanol–water partition coefficient (Wildman–Crippen LogP) is 4.52. The first-order valence-corrected chi connectivity index (χ1v) is 8.42. The van der Waals surface area contributed by atoms with E-state index in [1.807, 2.05) is 0 Å². The first-order valence-electron chi connectivity index (χ1n) is 8.42. The Bertz CT molecular complexity index is 219. The van der Waals surface area contributed by atoms with Crippen molar-refractivity contribution >= 4 is 0 Å². The van der Waals surface area contributed by atoms with E-state index >= 15 is 0 Å². The van der Waals surface area contributed by atoms with Crippen LogP contribution < -0.4 is 5.73 Å². The second-order valence-corrected chi connectivity index (χ2v) is 6.99. The molecule has 1 aliphatic rings. The molecule has 0 radical (unpaired) electrons. The van der Waals surface area contributed by atoms with Crippen molar-refractivity contribution in [1.29, 1.82) is 0 Å². The summed E-state index contributed by atoms with van der Waals surface area (Å²) in [5.74, 6) is 1.68. The summed E-state index contributed by atoms with van der Waals surface area (Å²) in [5, 5.41) is 0. The number of hydrogen-bond donors (Lipinski definition) is 1. The topological polar surface area (TPSA) is 35.2 Å². The van der Waals surface area contributed by atoms with Crippen molar-refractivity contribution in [3.63, 3.8) is 0 Å². The molecule has 0 aromatic heterocycles. The standard InChI is InChI=1S/C17H35NO/c1-4-5-6-16-7-10-17(18,11-8-16)12-14-19-13-9-15(2)3/h15-16H,4-14,18H2,1-3H3. The monoisotopic (exact) mass is 269 g/mol. The minimum absolute atomic E-state index is 0.0700. The molecule has 2 heteroatoms. The van der Waals surface area contributed by atoms with Gasteiger partial charge in [0.05, 0.1) is 0 Å². The Labute approximate surface area is 120 Å². The predicted molar refractivity (Wildman–Crippen MR) is 83.3 cm³/mol. The number of hydrogen-bond acceptors (Lipinski definition) is 2. The number of ether oxygens (including phenoxy) is 1. The highest BCUT2D eigenvalue weighted by molar-refractivity contribution is 4.89. The summed E-state index contributed by atoms with van der Waals surface area (Å²) in [7, 11) is 0. The van der Waals surface area contributed by atoms with E-state index in [0.29, 0.717) is 0 Å². The van der Waals surface area contributed by atoms with Crippen LogP contribution in [0.1, 0.15) is 78.6 Å². The van der Waals surface area contributed by atoms with Gasteiger partial charge in [0.25, 0.3) is 0 Å². The van der Waals surface area contributed by atoms with E-state index in [1.54, 1.807) is 0 Å². The Morgan fingerprint density at radius 1 is 1.21 bits per heavy atom. The molecular weight excluding hydrogens is 234 g/mol. The zero-order valence-electron chi connectivity index (χ0n) is 13.4. The Hall–Kier alpha value is -0.0800. The molecule has 0 saturated heterocycles. The molecule has 0 amide bonds. The third-order valence-electron chi connectivity index (χ3n) is 4.65. The summed E-state index contributed by atoms with van der Waals surface area (Å²) < 4.78 is 5.72. The van der Waals surface area contributed by atoms with E-state index in [1.165, 1.54) is 44.9 Å². The first kappa shape index (κ1) is 17.0. The highest BCUT2D eigenvalue weighted by atomic mass is 16.5. The van der Waals surface area contributed by atoms with Crippen molar-refractivity contribution in [2.24, 2.45) is 17.6 Å². The van der Waals surface area contributed by atoms with Crippen LogP contribution in [0.3, 0.4) is 0 Å². The molecule has 19 heavy (non-hydrogen) atoms. The molecule has 0 aliphatic heterocycles. The van der Waals surface area contributed by atoms with Gasteiger partial charge in [-0.25, -0.2) is 0 Å². The highest BCUT2D eigenvalue weighted by Crippen LogP contribution is 2.35. The van der Waals surface area contributed by atoms with Crippen LogP contribution in [0, 0.1) is 11.8 Å². The van der Waals surface area contributed by atoms with E-state index in [4.69, 9.17) is 10.5 Å². The fraction of sp³-hybridized carbons (Fsp3) is 1.00. The van der Waals surface area contributed by atoms with Crippen molar-refractivity contribution in [1.82, 2.24) is 0 Å². The maximum absolute atomic E-state index is 6.51. The summed E-state index contributed by atoms with van der Waals surface area (Å²) in [4.78, 5) is 0. The van der Waals surface area contributed by atoms with Gasteiger partial charge in [-0.2, -0.15) is 0 Å². The SMILES string of the molecule is CCCCC1CCC(N)(CCOCCC(C)C)CC1. The van der Waals surface area contributed by atoms with Gasteiger partial charge >= 0.3 is 0 Å². The molecule has 1 saturated carbocycles. The van der Waals surface area contributed by atoms with Gasteiger partial charge in [0.15, 0.2) is 0 Å². The van der Waals surface area contributed by atoms with Crippen molar-refractivity contribution in [3.8, 4) is 0 Å². The quantitative estimate of drug-likeness (QED) is 0.625. The molecular formula is C17H35NO. The van der Waals surface area contributed by atoms with Crippen molar-refractivity contribution < 1.29 is 4.74 Å². The average molecular weight is 269 g/mol. The molecule has 0 bridgehead atoms. The Morgan fingerprint density at radius 2 is 1.89 bits per heavy atom. The molecule has 0 heterocycles. The minimum atomic E-state index is 0.0700. The molecule has 0 atom stereocenters. The maximum Gasteiger partial charge on any atom is 0.0483 e. The molecule has 114 valence electrons. The normalized spacial score (nSPS) is 27.9. The van der Waals surface area contributed by atoms with Gasteiger partial charge in [0.2, 0.25) is 0 Å². The van der Waals surface area contributed by atoms with Crippen LogP contribution in [0.4, 0.5) is 0 Å². The third kappa shape index (κ3) is 7.31. The van der Waals surface area contributed by atoms with E-state index in [2.05, 4.69) is 20.8 Å². The summed E-state index contributed by atoms with van der Waals surface area (Å²) in [5.41, 5.74) is 6.58. The van der Waals surface area contributed by atoms with E-state index in [9.17, 15) is 0 Å². The van der Waals surface area contributed by atoms with E-state index in [0.717, 1.165) is 37.9 Å². The van der Waals surface area contributed by atoms with Gasteiger partial charge in [-0.15, -0.1) is 0 Å². The first-order chi connectivity index (χ1) is 9.06. The summed E-state index contributed by atoms with van der Waals surface area (Å²) >= 11 is 0. The molecule has 1 aliphatic carbocycles. The Kier molecular flexibility index (Phi) is 8.01. The Morgan fingerprint density at radius 3 is 2.47 bits per heavy atom. The molecule has 0 aromatic rings.